The number of rotatable bonds is 5. The first kappa shape index (κ1) is 18.7. The Morgan fingerprint density at radius 1 is 0.840 bits per heavy atom. The molecule has 0 heterocycles. The molecule has 2 aromatic rings. The molecule has 1 amide bonds. The Morgan fingerprint density at radius 3 is 1.68 bits per heavy atom. The third kappa shape index (κ3) is 4.92. The van der Waals surface area contributed by atoms with E-state index in [0.717, 1.165) is 11.1 Å². The van der Waals surface area contributed by atoms with Gasteiger partial charge in [0, 0.05) is 5.54 Å². The fraction of sp³-hybridized carbons (Fsp3) is 0.333. The van der Waals surface area contributed by atoms with Gasteiger partial charge in [-0.15, -0.1) is 0 Å². The number of hydrogen-bond donors (Lipinski definition) is 1. The van der Waals surface area contributed by atoms with Crippen molar-refractivity contribution in [2.24, 2.45) is 0 Å². The predicted molar refractivity (Wildman–Crippen MR) is 98.3 cm³/mol. The summed E-state index contributed by atoms with van der Waals surface area (Å²) in [5.41, 5.74) is 1.14. The van der Waals surface area contributed by atoms with E-state index in [-0.39, 0.29) is 5.91 Å². The van der Waals surface area contributed by atoms with Crippen molar-refractivity contribution in [3.8, 4) is 0 Å². The van der Waals surface area contributed by atoms with Gasteiger partial charge in [-0.25, -0.2) is 0 Å². The lowest BCUT2D eigenvalue weighted by atomic mass is 9.80. The quantitative estimate of drug-likeness (QED) is 0.846. The van der Waals surface area contributed by atoms with Crippen LogP contribution in [0.3, 0.4) is 0 Å². The minimum Gasteiger partial charge on any atom is -0.469 e. The number of ether oxygens (including phenoxy) is 1. The fourth-order valence-corrected chi connectivity index (χ4v) is 2.85. The zero-order valence-corrected chi connectivity index (χ0v) is 15.2. The minimum atomic E-state index is -0.712. The first-order valence-electron chi connectivity index (χ1n) is 8.33. The Morgan fingerprint density at radius 2 is 1.28 bits per heavy atom. The zero-order valence-electron chi connectivity index (χ0n) is 15.2. The van der Waals surface area contributed by atoms with Gasteiger partial charge in [-0.1, -0.05) is 60.7 Å². The molecule has 0 unspecified atom stereocenters. The number of nitrogens with one attached hydrogen (secondary N) is 1. The van der Waals surface area contributed by atoms with Gasteiger partial charge in [0.15, 0.2) is 0 Å². The monoisotopic (exact) mass is 339 g/mol. The summed E-state index contributed by atoms with van der Waals surface area (Å²) < 4.78 is 5.03. The largest absolute Gasteiger partial charge is 0.469 e. The number of carbonyl (C=O) groups is 2. The molecule has 2 atom stereocenters. The van der Waals surface area contributed by atoms with Crippen LogP contribution in [-0.4, -0.2) is 24.5 Å². The van der Waals surface area contributed by atoms with Crippen molar-refractivity contribution in [1.82, 2.24) is 5.32 Å². The van der Waals surface area contributed by atoms with Crippen molar-refractivity contribution in [2.45, 2.75) is 38.1 Å². The van der Waals surface area contributed by atoms with Gasteiger partial charge in [0.05, 0.1) is 18.9 Å². The number of esters is 1. The lowest BCUT2D eigenvalue weighted by Gasteiger charge is -2.29. The fourth-order valence-electron chi connectivity index (χ4n) is 2.85. The van der Waals surface area contributed by atoms with Gasteiger partial charge in [-0.05, 0) is 31.9 Å². The van der Waals surface area contributed by atoms with Crippen LogP contribution >= 0.6 is 0 Å². The summed E-state index contributed by atoms with van der Waals surface area (Å²) in [4.78, 5) is 25.7. The van der Waals surface area contributed by atoms with Crippen LogP contribution in [0.5, 0.6) is 0 Å². The topological polar surface area (TPSA) is 55.4 Å². The van der Waals surface area contributed by atoms with Gasteiger partial charge < -0.3 is 10.1 Å². The summed E-state index contributed by atoms with van der Waals surface area (Å²) in [7, 11) is 1.35. The normalized spacial score (nSPS) is 13.6. The number of methoxy groups -OCH3 is 1. The van der Waals surface area contributed by atoms with Crippen LogP contribution in [0.25, 0.3) is 0 Å². The van der Waals surface area contributed by atoms with Gasteiger partial charge in [-0.3, -0.25) is 9.59 Å². The van der Waals surface area contributed by atoms with Gasteiger partial charge >= 0.3 is 5.97 Å². The molecule has 4 heteroatoms. The van der Waals surface area contributed by atoms with Crippen LogP contribution in [0, 0.1) is 0 Å². The predicted octanol–water partition coefficient (Wildman–Crippen LogP) is 3.64. The Hall–Kier alpha value is -2.62. The van der Waals surface area contributed by atoms with Crippen LogP contribution in [-0.2, 0) is 14.3 Å². The molecule has 0 radical (unpaired) electrons. The highest BCUT2D eigenvalue weighted by Crippen LogP contribution is 2.35. The molecular formula is C21H25NO3. The molecule has 2 aromatic carbocycles. The average molecular weight is 339 g/mol. The first-order chi connectivity index (χ1) is 11.8. The summed E-state index contributed by atoms with van der Waals surface area (Å²) in [5.74, 6) is -2.01. The Bertz CT molecular complexity index is 705. The molecule has 0 fully saturated rings. The smallest absolute Gasteiger partial charge is 0.314 e. The van der Waals surface area contributed by atoms with Crippen molar-refractivity contribution in [3.05, 3.63) is 71.8 Å². The zero-order chi connectivity index (χ0) is 18.4. The van der Waals surface area contributed by atoms with Crippen LogP contribution in [0.4, 0.5) is 0 Å². The van der Waals surface area contributed by atoms with E-state index in [9.17, 15) is 9.59 Å². The maximum atomic E-state index is 13.1. The second kappa shape index (κ2) is 7.97. The molecule has 132 valence electrons. The third-order valence-corrected chi connectivity index (χ3v) is 3.89. The highest BCUT2D eigenvalue weighted by molar-refractivity contribution is 5.93. The number of carbonyl (C=O) groups excluding carboxylic acids is 2. The van der Waals surface area contributed by atoms with E-state index in [4.69, 9.17) is 4.74 Å². The van der Waals surface area contributed by atoms with Crippen molar-refractivity contribution in [1.29, 1.82) is 0 Å². The van der Waals surface area contributed by atoms with E-state index in [1.165, 1.54) is 7.11 Å². The second-order valence-corrected chi connectivity index (χ2v) is 7.04. The summed E-state index contributed by atoms with van der Waals surface area (Å²) in [6, 6.07) is 18.6. The molecule has 1 N–H and O–H groups in total. The first-order valence-corrected chi connectivity index (χ1v) is 8.33. The third-order valence-electron chi connectivity index (χ3n) is 3.89. The number of amides is 1. The van der Waals surface area contributed by atoms with Crippen LogP contribution in [0.1, 0.15) is 43.7 Å². The van der Waals surface area contributed by atoms with E-state index < -0.39 is 23.3 Å². The highest BCUT2D eigenvalue weighted by atomic mass is 16.5. The van der Waals surface area contributed by atoms with E-state index in [1.807, 2.05) is 81.4 Å². The molecule has 0 aliphatic carbocycles. The highest BCUT2D eigenvalue weighted by Gasteiger charge is 2.38. The van der Waals surface area contributed by atoms with Gasteiger partial charge in [0.1, 0.15) is 0 Å². The Labute approximate surface area is 149 Å². The van der Waals surface area contributed by atoms with Gasteiger partial charge in [0.2, 0.25) is 5.91 Å². The molecule has 0 aliphatic rings. The van der Waals surface area contributed by atoms with E-state index in [2.05, 4.69) is 5.32 Å². The summed E-state index contributed by atoms with van der Waals surface area (Å²) in [5, 5.41) is 3.00. The van der Waals surface area contributed by atoms with Crippen molar-refractivity contribution < 1.29 is 14.3 Å². The molecule has 0 saturated carbocycles. The number of benzene rings is 2. The maximum absolute atomic E-state index is 13.1. The molecule has 0 bridgehead atoms. The van der Waals surface area contributed by atoms with Crippen LogP contribution < -0.4 is 5.32 Å². The molecule has 0 aliphatic heterocycles. The molecule has 25 heavy (non-hydrogen) atoms. The Kier molecular flexibility index (Phi) is 5.97. The van der Waals surface area contributed by atoms with E-state index in [0.29, 0.717) is 0 Å². The number of hydrogen-bond acceptors (Lipinski definition) is 3. The van der Waals surface area contributed by atoms with Gasteiger partial charge in [-0.2, -0.15) is 0 Å². The summed E-state index contributed by atoms with van der Waals surface area (Å²) in [6.07, 6.45) is 0. The molecular weight excluding hydrogens is 314 g/mol. The molecule has 2 rings (SSSR count). The van der Waals surface area contributed by atoms with Crippen LogP contribution in [0.15, 0.2) is 60.7 Å². The van der Waals surface area contributed by atoms with E-state index in [1.54, 1.807) is 0 Å². The molecule has 0 aromatic heterocycles. The van der Waals surface area contributed by atoms with Crippen molar-refractivity contribution >= 4 is 11.9 Å². The SMILES string of the molecule is COC(=O)[C@@H](c1ccccc1)[C@@H](C(=O)NC(C)(C)C)c1ccccc1. The minimum absolute atomic E-state index is 0.196. The molecule has 0 spiro atoms. The summed E-state index contributed by atoms with van der Waals surface area (Å²) >= 11 is 0. The Balaban J connectivity index is 2.54. The lowest BCUT2D eigenvalue weighted by Crippen LogP contribution is -2.45. The second-order valence-electron chi connectivity index (χ2n) is 7.04. The maximum Gasteiger partial charge on any atom is 0.314 e. The van der Waals surface area contributed by atoms with E-state index >= 15 is 0 Å². The van der Waals surface area contributed by atoms with Crippen molar-refractivity contribution in [3.63, 3.8) is 0 Å². The summed E-state index contributed by atoms with van der Waals surface area (Å²) in [6.45, 7) is 5.76. The average Bonchev–Trinajstić information content (AvgIpc) is 2.58. The standard InChI is InChI=1S/C21H25NO3/c1-21(2,3)22-19(23)17(15-11-7-5-8-12-15)18(20(24)25-4)16-13-9-6-10-14-16/h5-14,17-18H,1-4H3,(H,22,23)/t17-,18-/m0/s1. The molecule has 0 saturated heterocycles. The van der Waals surface area contributed by atoms with Crippen molar-refractivity contribution in [2.75, 3.05) is 7.11 Å². The molecule has 4 nitrogen and oxygen atoms in total. The van der Waals surface area contributed by atoms with Crippen LogP contribution in [0.2, 0.25) is 0 Å². The van der Waals surface area contributed by atoms with Gasteiger partial charge in [0.25, 0.3) is 0 Å². The lowest BCUT2D eigenvalue weighted by molar-refractivity contribution is -0.145.